The third-order valence-corrected chi connectivity index (χ3v) is 5.01. The Morgan fingerprint density at radius 3 is 3.00 bits per heavy atom. The number of aryl methyl sites for hydroxylation is 1. The second kappa shape index (κ2) is 6.43. The number of nitrogens with zero attached hydrogens (tertiary/aromatic N) is 2. The summed E-state index contributed by atoms with van der Waals surface area (Å²) < 4.78 is 34.7. The van der Waals surface area contributed by atoms with Crippen LogP contribution in [0.4, 0.5) is 0 Å². The average Bonchev–Trinajstić information content (AvgIpc) is 2.84. The number of hydrogen-bond acceptors (Lipinski definition) is 5. The van der Waals surface area contributed by atoms with Crippen LogP contribution in [0.25, 0.3) is 0 Å². The Balaban J connectivity index is 2.02. The quantitative estimate of drug-likeness (QED) is 0.794. The maximum absolute atomic E-state index is 12.4. The van der Waals surface area contributed by atoms with Crippen LogP contribution in [0.3, 0.4) is 0 Å². The molecule has 1 unspecified atom stereocenters. The molecule has 0 radical (unpaired) electrons. The van der Waals surface area contributed by atoms with E-state index in [0.717, 1.165) is 6.42 Å². The van der Waals surface area contributed by atoms with Gasteiger partial charge in [0, 0.05) is 25.4 Å². The minimum Gasteiger partial charge on any atom is -0.375 e. The molecule has 0 aromatic carbocycles. The molecule has 0 spiro atoms. The lowest BCUT2D eigenvalue weighted by Gasteiger charge is -2.35. The average molecular weight is 316 g/mol. The van der Waals surface area contributed by atoms with Crippen molar-refractivity contribution in [3.8, 4) is 0 Å². The maximum atomic E-state index is 12.4. The SMILES string of the molecule is CC1(C)CC(NS(=O)(=O)c2cnn(CCCN)c2)CCO1. The number of sulfonamides is 1. The molecule has 1 saturated heterocycles. The van der Waals surface area contributed by atoms with Crippen LogP contribution < -0.4 is 10.5 Å². The third-order valence-electron chi connectivity index (χ3n) is 3.53. The Bertz CT molecular complexity index is 568. The molecule has 2 rings (SSSR count). The van der Waals surface area contributed by atoms with Gasteiger partial charge in [-0.05, 0) is 39.7 Å². The summed E-state index contributed by atoms with van der Waals surface area (Å²) in [4.78, 5) is 0.198. The lowest BCUT2D eigenvalue weighted by molar-refractivity contribution is -0.0599. The minimum atomic E-state index is -3.53. The van der Waals surface area contributed by atoms with E-state index in [1.54, 1.807) is 10.9 Å². The fourth-order valence-corrected chi connectivity index (χ4v) is 3.70. The van der Waals surface area contributed by atoms with Crippen LogP contribution >= 0.6 is 0 Å². The van der Waals surface area contributed by atoms with Gasteiger partial charge in [-0.15, -0.1) is 0 Å². The maximum Gasteiger partial charge on any atom is 0.243 e. The van der Waals surface area contributed by atoms with E-state index in [2.05, 4.69) is 9.82 Å². The summed E-state index contributed by atoms with van der Waals surface area (Å²) >= 11 is 0. The van der Waals surface area contributed by atoms with Gasteiger partial charge in [-0.1, -0.05) is 0 Å². The fourth-order valence-electron chi connectivity index (χ4n) is 2.48. The van der Waals surface area contributed by atoms with Gasteiger partial charge in [-0.2, -0.15) is 5.10 Å². The molecule has 7 nitrogen and oxygen atoms in total. The van der Waals surface area contributed by atoms with Crippen molar-refractivity contribution in [3.05, 3.63) is 12.4 Å². The van der Waals surface area contributed by atoms with Gasteiger partial charge in [0.1, 0.15) is 4.90 Å². The molecule has 0 aliphatic carbocycles. The van der Waals surface area contributed by atoms with Crippen molar-refractivity contribution < 1.29 is 13.2 Å². The van der Waals surface area contributed by atoms with E-state index in [1.165, 1.54) is 6.20 Å². The number of ether oxygens (including phenoxy) is 1. The van der Waals surface area contributed by atoms with Crippen molar-refractivity contribution >= 4 is 10.0 Å². The molecule has 2 heterocycles. The van der Waals surface area contributed by atoms with Crippen LogP contribution in [0, 0.1) is 0 Å². The number of aromatic nitrogens is 2. The molecule has 1 aliphatic rings. The fraction of sp³-hybridized carbons (Fsp3) is 0.769. The smallest absolute Gasteiger partial charge is 0.243 e. The number of rotatable bonds is 6. The van der Waals surface area contributed by atoms with Crippen molar-refractivity contribution in [2.45, 2.75) is 56.2 Å². The third kappa shape index (κ3) is 4.50. The van der Waals surface area contributed by atoms with Crippen molar-refractivity contribution in [1.29, 1.82) is 0 Å². The summed E-state index contributed by atoms with van der Waals surface area (Å²) in [6, 6.07) is -0.105. The highest BCUT2D eigenvalue weighted by Crippen LogP contribution is 2.25. The molecule has 3 N–H and O–H groups in total. The first kappa shape index (κ1) is 16.4. The van der Waals surface area contributed by atoms with Crippen LogP contribution in [0.5, 0.6) is 0 Å². The first-order valence-electron chi connectivity index (χ1n) is 7.21. The molecule has 1 aliphatic heterocycles. The molecule has 21 heavy (non-hydrogen) atoms. The Labute approximate surface area is 125 Å². The van der Waals surface area contributed by atoms with E-state index >= 15 is 0 Å². The molecule has 0 bridgehead atoms. The lowest BCUT2D eigenvalue weighted by atomic mass is 9.95. The highest BCUT2D eigenvalue weighted by Gasteiger charge is 2.31. The predicted octanol–water partition coefficient (Wildman–Crippen LogP) is 0.468. The largest absolute Gasteiger partial charge is 0.375 e. The van der Waals surface area contributed by atoms with E-state index in [-0.39, 0.29) is 16.5 Å². The standard InChI is InChI=1S/C13H24N4O3S/c1-13(2)8-11(4-7-20-13)16-21(18,19)12-9-15-17(10-12)6-3-5-14/h9-11,16H,3-8,14H2,1-2H3. The van der Waals surface area contributed by atoms with Crippen molar-refractivity contribution in [1.82, 2.24) is 14.5 Å². The highest BCUT2D eigenvalue weighted by molar-refractivity contribution is 7.89. The summed E-state index contributed by atoms with van der Waals surface area (Å²) in [5, 5.41) is 4.06. The van der Waals surface area contributed by atoms with Crippen LogP contribution in [-0.2, 0) is 21.3 Å². The summed E-state index contributed by atoms with van der Waals surface area (Å²) in [5.74, 6) is 0. The molecule has 1 atom stereocenters. The van der Waals surface area contributed by atoms with E-state index in [0.29, 0.717) is 32.5 Å². The second-order valence-corrected chi connectivity index (χ2v) is 7.71. The zero-order valence-corrected chi connectivity index (χ0v) is 13.4. The summed E-state index contributed by atoms with van der Waals surface area (Å²) in [7, 11) is -3.53. The zero-order chi connectivity index (χ0) is 15.5. The Kier molecular flexibility index (Phi) is 5.03. The van der Waals surface area contributed by atoms with Crippen molar-refractivity contribution in [2.24, 2.45) is 5.73 Å². The number of nitrogens with two attached hydrogens (primary N) is 1. The minimum absolute atomic E-state index is 0.105. The normalized spacial score (nSPS) is 22.3. The monoisotopic (exact) mass is 316 g/mol. The van der Waals surface area contributed by atoms with Gasteiger partial charge >= 0.3 is 0 Å². The molecular weight excluding hydrogens is 292 g/mol. The van der Waals surface area contributed by atoms with Gasteiger partial charge < -0.3 is 10.5 Å². The lowest BCUT2D eigenvalue weighted by Crippen LogP contribution is -2.45. The van der Waals surface area contributed by atoms with E-state index in [1.807, 2.05) is 13.8 Å². The molecule has 1 aromatic heterocycles. The molecule has 0 saturated carbocycles. The van der Waals surface area contributed by atoms with Crippen molar-refractivity contribution in [2.75, 3.05) is 13.2 Å². The predicted molar refractivity (Wildman–Crippen MR) is 79.3 cm³/mol. The van der Waals surface area contributed by atoms with Gasteiger partial charge in [-0.3, -0.25) is 4.68 Å². The van der Waals surface area contributed by atoms with Crippen LogP contribution in [0.2, 0.25) is 0 Å². The topological polar surface area (TPSA) is 99.2 Å². The Hall–Kier alpha value is -0.960. The molecule has 8 heteroatoms. The van der Waals surface area contributed by atoms with Gasteiger partial charge in [0.05, 0.1) is 11.8 Å². The Morgan fingerprint density at radius 2 is 2.33 bits per heavy atom. The summed E-state index contributed by atoms with van der Waals surface area (Å²) in [6.07, 6.45) is 5.03. The zero-order valence-electron chi connectivity index (χ0n) is 12.6. The first-order valence-corrected chi connectivity index (χ1v) is 8.69. The van der Waals surface area contributed by atoms with Gasteiger partial charge in [0.25, 0.3) is 0 Å². The van der Waals surface area contributed by atoms with Gasteiger partial charge in [0.15, 0.2) is 0 Å². The van der Waals surface area contributed by atoms with E-state index < -0.39 is 10.0 Å². The summed E-state index contributed by atoms with van der Waals surface area (Å²) in [6.45, 7) is 5.68. The molecule has 0 amide bonds. The molecule has 120 valence electrons. The van der Waals surface area contributed by atoms with Crippen LogP contribution in [0.1, 0.15) is 33.1 Å². The molecule has 1 aromatic rings. The number of nitrogens with one attached hydrogen (secondary N) is 1. The van der Waals surface area contributed by atoms with Gasteiger partial charge in [0.2, 0.25) is 10.0 Å². The first-order chi connectivity index (χ1) is 9.82. The summed E-state index contributed by atoms with van der Waals surface area (Å²) in [5.41, 5.74) is 5.14. The van der Waals surface area contributed by atoms with Gasteiger partial charge in [-0.25, -0.2) is 13.1 Å². The highest BCUT2D eigenvalue weighted by atomic mass is 32.2. The van der Waals surface area contributed by atoms with Crippen LogP contribution in [-0.4, -0.2) is 43.0 Å². The van der Waals surface area contributed by atoms with Crippen LogP contribution in [0.15, 0.2) is 17.3 Å². The molecule has 1 fully saturated rings. The molecular formula is C13H24N4O3S. The Morgan fingerprint density at radius 1 is 1.57 bits per heavy atom. The van der Waals surface area contributed by atoms with E-state index in [4.69, 9.17) is 10.5 Å². The second-order valence-electron chi connectivity index (χ2n) is 6.00. The number of hydrogen-bond donors (Lipinski definition) is 2. The van der Waals surface area contributed by atoms with Crippen molar-refractivity contribution in [3.63, 3.8) is 0 Å². The van der Waals surface area contributed by atoms with E-state index in [9.17, 15) is 8.42 Å².